The predicted molar refractivity (Wildman–Crippen MR) is 106 cm³/mol. The van der Waals surface area contributed by atoms with Crippen LogP contribution in [0, 0.1) is 11.2 Å². The molecule has 1 fully saturated rings. The summed E-state index contributed by atoms with van der Waals surface area (Å²) in [5.41, 5.74) is 5.85. The van der Waals surface area contributed by atoms with E-state index in [-0.39, 0.29) is 12.2 Å². The topological polar surface area (TPSA) is 97.9 Å². The first-order valence-corrected chi connectivity index (χ1v) is 9.65. The molecule has 1 saturated heterocycles. The van der Waals surface area contributed by atoms with E-state index >= 15 is 0 Å². The summed E-state index contributed by atoms with van der Waals surface area (Å²) in [6.07, 6.45) is -0.880. The van der Waals surface area contributed by atoms with E-state index in [4.69, 9.17) is 15.9 Å². The molecule has 0 aliphatic carbocycles. The summed E-state index contributed by atoms with van der Waals surface area (Å²) >= 11 is 1.74. The summed E-state index contributed by atoms with van der Waals surface area (Å²) in [4.78, 5) is 13.4. The van der Waals surface area contributed by atoms with Gasteiger partial charge in [0, 0.05) is 57.0 Å². The number of anilines is 1. The van der Waals surface area contributed by atoms with Gasteiger partial charge in [-0.3, -0.25) is 10.7 Å². The van der Waals surface area contributed by atoms with E-state index in [0.29, 0.717) is 5.69 Å². The van der Waals surface area contributed by atoms with Crippen LogP contribution in [0.2, 0.25) is 0 Å². The Balaban J connectivity index is 1.94. The zero-order chi connectivity index (χ0) is 19.8. The molecule has 0 aromatic heterocycles. The molecule has 150 valence electrons. The maximum Gasteiger partial charge on any atom is 0.414 e. The van der Waals surface area contributed by atoms with Gasteiger partial charge >= 0.3 is 6.09 Å². The average Bonchev–Trinajstić information content (AvgIpc) is 2.65. The fraction of sp³-hybridized carbons (Fsp3) is 0.529. The number of hydrogen-bond acceptors (Lipinski definition) is 7. The van der Waals surface area contributed by atoms with Gasteiger partial charge in [-0.15, -0.1) is 0 Å². The number of nitrogens with two attached hydrogens (primary N) is 1. The first-order valence-electron chi connectivity index (χ1n) is 8.92. The van der Waals surface area contributed by atoms with Crippen molar-refractivity contribution in [2.75, 3.05) is 44.2 Å². The number of carbonyl (C=O) groups is 1. The minimum atomic E-state index is -0.880. The van der Waals surface area contributed by atoms with Crippen LogP contribution in [0.25, 0.3) is 0 Å². The number of piperazine rings is 1. The van der Waals surface area contributed by atoms with E-state index in [9.17, 15) is 9.18 Å². The van der Waals surface area contributed by atoms with E-state index in [0.717, 1.165) is 39.3 Å². The lowest BCUT2D eigenvalue weighted by atomic mass is 10.1. The Hall–Kier alpha value is -2.04. The molecule has 0 saturated carbocycles. The molecular formula is C17H27FN6O2S. The number of nitrogens with zero attached hydrogens (tertiary/aromatic N) is 3. The number of nitrogens with one attached hydrogen (secondary N) is 2. The summed E-state index contributed by atoms with van der Waals surface area (Å²) in [5, 5.41) is 8.97. The van der Waals surface area contributed by atoms with Gasteiger partial charge in [-0.05, 0) is 6.07 Å². The zero-order valence-corrected chi connectivity index (χ0v) is 16.5. The molecule has 0 unspecified atom stereocenters. The number of ether oxygens (including phenoxy) is 1. The van der Waals surface area contributed by atoms with Crippen LogP contribution in [0.5, 0.6) is 0 Å². The number of hydrogen-bond donors (Lipinski definition) is 3. The molecule has 0 spiro atoms. The Morgan fingerprint density at radius 3 is 2.59 bits per heavy atom. The van der Waals surface area contributed by atoms with Crippen LogP contribution in [0.4, 0.5) is 14.9 Å². The molecule has 1 aliphatic rings. The van der Waals surface area contributed by atoms with Gasteiger partial charge in [0.1, 0.15) is 6.61 Å². The largest absolute Gasteiger partial charge is 0.444 e. The Morgan fingerprint density at radius 1 is 1.33 bits per heavy atom. The lowest BCUT2D eigenvalue weighted by Gasteiger charge is -2.37. The second-order valence-corrected chi connectivity index (χ2v) is 7.17. The first-order chi connectivity index (χ1) is 12.9. The summed E-state index contributed by atoms with van der Waals surface area (Å²) in [5.74, 6) is -0.910. The van der Waals surface area contributed by atoms with Gasteiger partial charge in [-0.25, -0.2) is 17.8 Å². The van der Waals surface area contributed by atoms with E-state index in [1.807, 2.05) is 10.2 Å². The van der Waals surface area contributed by atoms with Gasteiger partial charge in [0.05, 0.1) is 5.69 Å². The number of halogens is 1. The standard InChI is InChI=1S/C17H27FN6O2S/c1-3-23(4-2)27-24-10-8-22(9-11-24)14-7-5-6-13(15(14)18)12-26-17(25)21-16(19)20/h5-7H,3-4,8-12H2,1-2H3,(H4,19,20,21,25). The molecule has 1 aromatic rings. The maximum atomic E-state index is 14.8. The third-order valence-electron chi connectivity index (χ3n) is 4.17. The Kier molecular flexibility index (Phi) is 8.14. The molecule has 0 bridgehead atoms. The van der Waals surface area contributed by atoms with Crippen molar-refractivity contribution in [2.24, 2.45) is 5.73 Å². The van der Waals surface area contributed by atoms with Crippen molar-refractivity contribution in [2.45, 2.75) is 20.5 Å². The van der Waals surface area contributed by atoms with E-state index in [2.05, 4.69) is 22.5 Å². The highest BCUT2D eigenvalue weighted by molar-refractivity contribution is 7.94. The molecular weight excluding hydrogens is 371 g/mol. The smallest absolute Gasteiger partial charge is 0.414 e. The minimum absolute atomic E-state index is 0.226. The molecule has 0 atom stereocenters. The van der Waals surface area contributed by atoms with Crippen molar-refractivity contribution in [1.82, 2.24) is 13.9 Å². The van der Waals surface area contributed by atoms with E-state index in [1.165, 1.54) is 0 Å². The second-order valence-electron chi connectivity index (χ2n) is 5.98. The molecule has 8 nitrogen and oxygen atoms in total. The fourth-order valence-electron chi connectivity index (χ4n) is 2.72. The number of amides is 1. The van der Waals surface area contributed by atoms with Crippen LogP contribution in [0.1, 0.15) is 19.4 Å². The van der Waals surface area contributed by atoms with Crippen molar-refractivity contribution in [3.05, 3.63) is 29.6 Å². The first kappa shape index (κ1) is 21.3. The van der Waals surface area contributed by atoms with Crippen LogP contribution in [-0.2, 0) is 11.3 Å². The van der Waals surface area contributed by atoms with Crippen LogP contribution in [0.3, 0.4) is 0 Å². The van der Waals surface area contributed by atoms with Crippen LogP contribution in [-0.4, -0.2) is 59.9 Å². The fourth-order valence-corrected chi connectivity index (χ4v) is 3.61. The van der Waals surface area contributed by atoms with E-state index < -0.39 is 17.9 Å². The second kappa shape index (κ2) is 10.3. The summed E-state index contributed by atoms with van der Waals surface area (Å²) < 4.78 is 24.3. The molecule has 1 aliphatic heterocycles. The quantitative estimate of drug-likeness (QED) is 0.367. The van der Waals surface area contributed by atoms with Crippen molar-refractivity contribution in [3.63, 3.8) is 0 Å². The minimum Gasteiger partial charge on any atom is -0.444 e. The Bertz CT molecular complexity index is 650. The predicted octanol–water partition coefficient (Wildman–Crippen LogP) is 1.97. The van der Waals surface area contributed by atoms with Crippen molar-refractivity contribution >= 4 is 29.9 Å². The molecule has 1 heterocycles. The van der Waals surface area contributed by atoms with Crippen molar-refractivity contribution in [1.29, 1.82) is 5.41 Å². The van der Waals surface area contributed by atoms with Gasteiger partial charge < -0.3 is 15.4 Å². The highest BCUT2D eigenvalue weighted by Crippen LogP contribution is 2.26. The van der Waals surface area contributed by atoms with Gasteiger partial charge in [-0.1, -0.05) is 26.0 Å². The highest BCUT2D eigenvalue weighted by Gasteiger charge is 2.22. The number of benzene rings is 1. The zero-order valence-electron chi connectivity index (χ0n) is 15.7. The van der Waals surface area contributed by atoms with E-state index in [1.54, 1.807) is 30.3 Å². The molecule has 2 rings (SSSR count). The summed E-state index contributed by atoms with van der Waals surface area (Å²) in [6.45, 7) is 9.12. The SMILES string of the molecule is CCN(CC)SN1CCN(c2cccc(COC(=O)NC(=N)N)c2F)CC1. The molecule has 1 aromatic carbocycles. The van der Waals surface area contributed by atoms with Gasteiger partial charge in [0.15, 0.2) is 11.8 Å². The molecule has 0 radical (unpaired) electrons. The Labute approximate surface area is 163 Å². The summed E-state index contributed by atoms with van der Waals surface area (Å²) in [6, 6.07) is 5.06. The Morgan fingerprint density at radius 2 is 2.00 bits per heavy atom. The van der Waals surface area contributed by atoms with Crippen LogP contribution < -0.4 is 16.0 Å². The third kappa shape index (κ3) is 6.26. The lowest BCUT2D eigenvalue weighted by Crippen LogP contribution is -2.45. The molecule has 4 N–H and O–H groups in total. The van der Waals surface area contributed by atoms with Crippen LogP contribution in [0.15, 0.2) is 18.2 Å². The number of alkyl carbamates (subject to hydrolysis) is 1. The molecule has 27 heavy (non-hydrogen) atoms. The summed E-state index contributed by atoms with van der Waals surface area (Å²) in [7, 11) is 0. The number of rotatable bonds is 7. The third-order valence-corrected chi connectivity index (χ3v) is 5.51. The van der Waals surface area contributed by atoms with Gasteiger partial charge in [0.25, 0.3) is 0 Å². The lowest BCUT2D eigenvalue weighted by molar-refractivity contribution is 0.143. The number of guanidine groups is 1. The van der Waals surface area contributed by atoms with Crippen molar-refractivity contribution in [3.8, 4) is 0 Å². The maximum absolute atomic E-state index is 14.8. The van der Waals surface area contributed by atoms with Crippen molar-refractivity contribution < 1.29 is 13.9 Å². The number of carbonyl (C=O) groups excluding carboxylic acids is 1. The van der Waals surface area contributed by atoms with Gasteiger partial charge in [-0.2, -0.15) is 0 Å². The normalized spacial score (nSPS) is 15.0. The monoisotopic (exact) mass is 398 g/mol. The van der Waals surface area contributed by atoms with Gasteiger partial charge in [0.2, 0.25) is 0 Å². The highest BCUT2D eigenvalue weighted by atomic mass is 32.2. The molecule has 10 heteroatoms. The molecule has 1 amide bonds. The average molecular weight is 399 g/mol. The van der Waals surface area contributed by atoms with Crippen LogP contribution >= 0.6 is 12.1 Å².